The van der Waals surface area contributed by atoms with Crippen LogP contribution in [0, 0.1) is 6.07 Å². The van der Waals surface area contributed by atoms with Crippen molar-refractivity contribution in [3.8, 4) is 21.7 Å². The molecule has 0 aliphatic rings. The molecule has 0 amide bonds. The number of fused-ring (bicyclic) bond motifs is 1. The molecule has 5 heteroatoms. The predicted molar refractivity (Wildman–Crippen MR) is 145 cm³/mol. The van der Waals surface area contributed by atoms with Gasteiger partial charge in [0, 0.05) is 31.1 Å². The Balaban J connectivity index is 0.000000476. The van der Waals surface area contributed by atoms with Gasteiger partial charge < -0.3 is 5.11 Å². The molecule has 1 N–H and O–H groups in total. The van der Waals surface area contributed by atoms with Gasteiger partial charge in [-0.25, -0.2) is 0 Å². The zero-order valence-electron chi connectivity index (χ0n) is 21.0. The summed E-state index contributed by atoms with van der Waals surface area (Å²) >= 11 is 1.84. The molecule has 3 nitrogen and oxygen atoms in total. The Bertz CT molecular complexity index is 1280. The van der Waals surface area contributed by atoms with Crippen molar-refractivity contribution in [1.29, 1.82) is 0 Å². The number of nitrogens with zero attached hydrogens (tertiary/aromatic N) is 1. The summed E-state index contributed by atoms with van der Waals surface area (Å²) in [5.41, 5.74) is 7.33. The number of rotatable bonds is 5. The molecule has 0 aliphatic carbocycles. The first-order valence-electron chi connectivity index (χ1n) is 11.6. The van der Waals surface area contributed by atoms with E-state index in [4.69, 9.17) is 10.1 Å². The number of aliphatic hydroxyl groups is 1. The quantitative estimate of drug-likeness (QED) is 0.132. The van der Waals surface area contributed by atoms with Crippen LogP contribution >= 0.6 is 11.3 Å². The Morgan fingerprint density at radius 3 is 2.11 bits per heavy atom. The third kappa shape index (κ3) is 7.44. The molecule has 2 heterocycles. The Hall–Kier alpha value is -2.59. The van der Waals surface area contributed by atoms with Gasteiger partial charge in [0.1, 0.15) is 0 Å². The van der Waals surface area contributed by atoms with Gasteiger partial charge in [0.25, 0.3) is 0 Å². The van der Waals surface area contributed by atoms with E-state index in [2.05, 4.69) is 76.2 Å². The van der Waals surface area contributed by atoms with E-state index in [-0.39, 0.29) is 31.6 Å². The molecule has 2 aromatic heterocycles. The Labute approximate surface area is 226 Å². The Morgan fingerprint density at radius 2 is 1.63 bits per heavy atom. The number of aliphatic hydroxyl groups excluding tert-OH is 1. The number of allylic oxidation sites excluding steroid dienone is 2. The molecule has 35 heavy (non-hydrogen) atoms. The van der Waals surface area contributed by atoms with Gasteiger partial charge in [-0.2, -0.15) is 0 Å². The Kier molecular flexibility index (Phi) is 10.6. The van der Waals surface area contributed by atoms with Gasteiger partial charge in [-0.3, -0.25) is 9.78 Å². The van der Waals surface area contributed by atoms with E-state index in [0.717, 1.165) is 16.8 Å². The van der Waals surface area contributed by atoms with Crippen molar-refractivity contribution in [2.75, 3.05) is 0 Å². The third-order valence-corrected chi connectivity index (χ3v) is 6.50. The van der Waals surface area contributed by atoms with Crippen molar-refractivity contribution in [1.82, 2.24) is 4.98 Å². The Morgan fingerprint density at radius 1 is 0.971 bits per heavy atom. The van der Waals surface area contributed by atoms with E-state index < -0.39 is 0 Å². The number of hydrogen-bond acceptors (Lipinski definition) is 4. The summed E-state index contributed by atoms with van der Waals surface area (Å²) < 4.78 is 1.23. The molecule has 0 bridgehead atoms. The first-order chi connectivity index (χ1) is 16.2. The minimum absolute atomic E-state index is 0. The van der Waals surface area contributed by atoms with Gasteiger partial charge in [-0.05, 0) is 60.2 Å². The van der Waals surface area contributed by atoms with Gasteiger partial charge in [-0.15, -0.1) is 47.2 Å². The average molecular weight is 663 g/mol. The van der Waals surface area contributed by atoms with Crippen molar-refractivity contribution in [2.24, 2.45) is 0 Å². The third-order valence-electron chi connectivity index (χ3n) is 5.39. The van der Waals surface area contributed by atoms with Gasteiger partial charge in [0.2, 0.25) is 0 Å². The van der Waals surface area contributed by atoms with E-state index in [1.54, 1.807) is 0 Å². The second kappa shape index (κ2) is 12.9. The van der Waals surface area contributed by atoms with Crippen molar-refractivity contribution in [3.05, 3.63) is 89.7 Å². The van der Waals surface area contributed by atoms with Crippen molar-refractivity contribution in [3.63, 3.8) is 0 Å². The topological polar surface area (TPSA) is 50.2 Å². The van der Waals surface area contributed by atoms with Crippen LogP contribution in [0.25, 0.3) is 31.9 Å². The number of carbonyl (C=O) groups excluding carboxylic acids is 1. The molecule has 0 fully saturated rings. The number of pyridine rings is 1. The van der Waals surface area contributed by atoms with Crippen LogP contribution in [0.4, 0.5) is 0 Å². The van der Waals surface area contributed by atoms with Crippen LogP contribution in [0.3, 0.4) is 0 Å². The van der Waals surface area contributed by atoms with Crippen LogP contribution < -0.4 is 0 Å². The molecular formula is C30H32IrNO2S-. The number of hydrogen-bond donors (Lipinski definition) is 1. The SMILES string of the molecule is CC(=O)/C=C(/C)O.CC(C)c1cccc(C(C)C)c1-c1cc2nc(-c3[c-]cccc3)ccc2s1.[Ir]. The van der Waals surface area contributed by atoms with E-state index in [1.165, 1.54) is 46.2 Å². The van der Waals surface area contributed by atoms with Gasteiger partial charge in [0.15, 0.2) is 5.78 Å². The van der Waals surface area contributed by atoms with E-state index in [0.29, 0.717) is 11.8 Å². The molecule has 0 saturated heterocycles. The second-order valence-electron chi connectivity index (χ2n) is 8.98. The van der Waals surface area contributed by atoms with Crippen LogP contribution in [0.2, 0.25) is 0 Å². The van der Waals surface area contributed by atoms with Crippen LogP contribution in [-0.4, -0.2) is 15.9 Å². The summed E-state index contributed by atoms with van der Waals surface area (Å²) in [5, 5.41) is 8.36. The summed E-state index contributed by atoms with van der Waals surface area (Å²) in [4.78, 5) is 16.3. The van der Waals surface area contributed by atoms with Crippen LogP contribution in [0.15, 0.2) is 72.5 Å². The fourth-order valence-corrected chi connectivity index (χ4v) is 4.97. The van der Waals surface area contributed by atoms with Gasteiger partial charge in [0.05, 0.1) is 16.0 Å². The summed E-state index contributed by atoms with van der Waals surface area (Å²) in [5.74, 6) is 0.921. The van der Waals surface area contributed by atoms with Gasteiger partial charge in [-0.1, -0.05) is 52.0 Å². The molecule has 0 atom stereocenters. The standard InChI is InChI=1S/C25H24NS.C5H8O2.Ir/c1-16(2)19-11-8-12-20(17(3)4)25(19)24-15-22-23(27-24)14-13-21(26-22)18-9-6-5-7-10-18;1-4(6)3-5(2)7;/h5-9,11-17H,1-4H3;3,6H,1-2H3;/q-1;;/b;4-3-;. The fourth-order valence-electron chi connectivity index (χ4n) is 3.88. The minimum Gasteiger partial charge on any atom is -0.512 e. The van der Waals surface area contributed by atoms with Gasteiger partial charge >= 0.3 is 0 Å². The number of thiophene rings is 1. The molecular weight excluding hydrogens is 631 g/mol. The summed E-state index contributed by atoms with van der Waals surface area (Å²) in [7, 11) is 0. The molecule has 4 aromatic rings. The molecule has 0 spiro atoms. The van der Waals surface area contributed by atoms with Crippen molar-refractivity contribution in [2.45, 2.75) is 53.4 Å². The van der Waals surface area contributed by atoms with Crippen LogP contribution in [-0.2, 0) is 24.9 Å². The maximum absolute atomic E-state index is 10.0. The number of ketones is 1. The van der Waals surface area contributed by atoms with E-state index in [9.17, 15) is 4.79 Å². The van der Waals surface area contributed by atoms with Crippen LogP contribution in [0.1, 0.15) is 64.5 Å². The fraction of sp³-hybridized carbons (Fsp3) is 0.267. The van der Waals surface area contributed by atoms with E-state index >= 15 is 0 Å². The number of benzene rings is 2. The molecule has 185 valence electrons. The normalized spacial score (nSPS) is 11.3. The molecule has 2 aromatic carbocycles. The zero-order valence-corrected chi connectivity index (χ0v) is 24.3. The first kappa shape index (κ1) is 28.6. The predicted octanol–water partition coefficient (Wildman–Crippen LogP) is 8.71. The molecule has 1 radical (unpaired) electrons. The molecule has 4 rings (SSSR count). The maximum Gasteiger partial charge on any atom is 0.155 e. The first-order valence-corrected chi connectivity index (χ1v) is 12.4. The minimum atomic E-state index is -0.125. The maximum atomic E-state index is 10.0. The summed E-state index contributed by atoms with van der Waals surface area (Å²) in [6, 6.07) is 24.6. The molecule has 0 saturated carbocycles. The summed E-state index contributed by atoms with van der Waals surface area (Å²) in [6.45, 7) is 12.0. The smallest absolute Gasteiger partial charge is 0.155 e. The molecule has 0 unspecified atom stereocenters. The average Bonchev–Trinajstić information content (AvgIpc) is 3.21. The number of carbonyl (C=O) groups is 1. The van der Waals surface area contributed by atoms with E-state index in [1.807, 2.05) is 29.5 Å². The van der Waals surface area contributed by atoms with Crippen LogP contribution in [0.5, 0.6) is 0 Å². The second-order valence-corrected chi connectivity index (χ2v) is 10.1. The number of aromatic nitrogens is 1. The van der Waals surface area contributed by atoms with Crippen molar-refractivity contribution < 1.29 is 30.0 Å². The largest absolute Gasteiger partial charge is 0.512 e. The van der Waals surface area contributed by atoms with Crippen molar-refractivity contribution >= 4 is 27.3 Å². The monoisotopic (exact) mass is 663 g/mol. The zero-order chi connectivity index (χ0) is 24.8. The summed E-state index contributed by atoms with van der Waals surface area (Å²) in [6.07, 6.45) is 1.17. The molecule has 0 aliphatic heterocycles.